The van der Waals surface area contributed by atoms with Crippen LogP contribution in [-0.2, 0) is 19.5 Å². The summed E-state index contributed by atoms with van der Waals surface area (Å²) >= 11 is 0. The van der Waals surface area contributed by atoms with E-state index in [1.807, 2.05) is 7.05 Å². The first-order valence-electron chi connectivity index (χ1n) is 9.28. The van der Waals surface area contributed by atoms with Crippen LogP contribution in [0.1, 0.15) is 51.7 Å². The van der Waals surface area contributed by atoms with Gasteiger partial charge in [-0.05, 0) is 45.8 Å². The third kappa shape index (κ3) is 5.19. The molecule has 1 aliphatic heterocycles. The van der Waals surface area contributed by atoms with Crippen molar-refractivity contribution in [2.75, 3.05) is 26.7 Å². The Morgan fingerprint density at radius 1 is 1.33 bits per heavy atom. The number of guanidine groups is 1. The van der Waals surface area contributed by atoms with Crippen LogP contribution >= 0.6 is 0 Å². The Morgan fingerprint density at radius 2 is 2.12 bits per heavy atom. The molecule has 1 atom stereocenters. The van der Waals surface area contributed by atoms with Crippen LogP contribution < -0.4 is 10.6 Å². The van der Waals surface area contributed by atoms with Gasteiger partial charge in [-0.1, -0.05) is 13.8 Å². The minimum atomic E-state index is 0.399. The molecule has 1 aromatic heterocycles. The van der Waals surface area contributed by atoms with Crippen LogP contribution in [0.5, 0.6) is 0 Å². The second kappa shape index (κ2) is 9.61. The van der Waals surface area contributed by atoms with Crippen LogP contribution in [0.4, 0.5) is 0 Å². The Morgan fingerprint density at radius 3 is 2.83 bits per heavy atom. The van der Waals surface area contributed by atoms with Gasteiger partial charge in [0.25, 0.3) is 0 Å². The molecule has 0 aromatic carbocycles. The van der Waals surface area contributed by atoms with E-state index in [2.05, 4.69) is 56.1 Å². The number of hydrogen-bond acceptors (Lipinski definition) is 4. The van der Waals surface area contributed by atoms with Crippen LogP contribution in [0.25, 0.3) is 0 Å². The molecule has 0 saturated carbocycles. The Balaban J connectivity index is 1.71. The molecule has 0 saturated heterocycles. The molecule has 1 aromatic rings. The molecule has 2 N–H and O–H groups in total. The van der Waals surface area contributed by atoms with Crippen LogP contribution in [0.15, 0.2) is 4.99 Å². The summed E-state index contributed by atoms with van der Waals surface area (Å²) in [5, 5.41) is 15.3. The Bertz CT molecular complexity index is 519. The molecular weight excluding hydrogens is 302 g/mol. The fourth-order valence-electron chi connectivity index (χ4n) is 3.17. The van der Waals surface area contributed by atoms with Crippen molar-refractivity contribution in [1.29, 1.82) is 0 Å². The molecule has 0 bridgehead atoms. The maximum atomic E-state index is 4.32. The van der Waals surface area contributed by atoms with Gasteiger partial charge in [-0.3, -0.25) is 4.99 Å². The van der Waals surface area contributed by atoms with Gasteiger partial charge in [0, 0.05) is 26.1 Å². The Labute approximate surface area is 145 Å². The number of hydrogen-bond donors (Lipinski definition) is 2. The van der Waals surface area contributed by atoms with Crippen LogP contribution in [0.2, 0.25) is 0 Å². The van der Waals surface area contributed by atoms with E-state index in [9.17, 15) is 0 Å². The van der Waals surface area contributed by atoms with E-state index in [4.69, 9.17) is 0 Å². The Hall–Kier alpha value is -1.63. The maximum Gasteiger partial charge on any atom is 0.191 e. The average Bonchev–Trinajstić information content (AvgIpc) is 3.19. The van der Waals surface area contributed by atoms with Gasteiger partial charge >= 0.3 is 0 Å². The standard InChI is InChI=1S/C17H33N7/c1-5-23(6-2)11-7-9-14(3)20-17(18-4)19-13-16-22-21-15-10-8-12-24(15)16/h14H,5-13H2,1-4H3,(H2,18,19,20). The predicted molar refractivity (Wildman–Crippen MR) is 98.2 cm³/mol. The molecule has 0 fully saturated rings. The van der Waals surface area contributed by atoms with E-state index in [1.54, 1.807) is 0 Å². The number of fused-ring (bicyclic) bond motifs is 1. The lowest BCUT2D eigenvalue weighted by atomic mass is 10.2. The number of rotatable bonds is 9. The summed E-state index contributed by atoms with van der Waals surface area (Å²) in [5.41, 5.74) is 0. The second-order valence-corrected chi connectivity index (χ2v) is 6.43. The lowest BCUT2D eigenvalue weighted by Gasteiger charge is -2.21. The van der Waals surface area contributed by atoms with E-state index in [-0.39, 0.29) is 0 Å². The zero-order valence-electron chi connectivity index (χ0n) is 15.7. The second-order valence-electron chi connectivity index (χ2n) is 6.43. The highest BCUT2D eigenvalue weighted by molar-refractivity contribution is 5.79. The molecule has 1 unspecified atom stereocenters. The van der Waals surface area contributed by atoms with Crippen LogP contribution in [0.3, 0.4) is 0 Å². The average molecular weight is 336 g/mol. The van der Waals surface area contributed by atoms with E-state index < -0.39 is 0 Å². The molecule has 0 radical (unpaired) electrons. The molecule has 2 heterocycles. The van der Waals surface area contributed by atoms with Gasteiger partial charge in [0.2, 0.25) is 0 Å². The summed E-state index contributed by atoms with van der Waals surface area (Å²) in [6.45, 7) is 11.8. The fraction of sp³-hybridized carbons (Fsp3) is 0.824. The summed E-state index contributed by atoms with van der Waals surface area (Å²) in [4.78, 5) is 6.79. The van der Waals surface area contributed by atoms with E-state index in [0.717, 1.165) is 56.6 Å². The molecule has 136 valence electrons. The van der Waals surface area contributed by atoms with Gasteiger partial charge in [-0.25, -0.2) is 0 Å². The summed E-state index contributed by atoms with van der Waals surface area (Å²) in [6, 6.07) is 0.399. The van der Waals surface area contributed by atoms with Crippen molar-refractivity contribution in [3.8, 4) is 0 Å². The normalized spacial score (nSPS) is 15.6. The smallest absolute Gasteiger partial charge is 0.191 e. The molecule has 0 spiro atoms. The van der Waals surface area contributed by atoms with Gasteiger partial charge in [-0.2, -0.15) is 0 Å². The molecule has 0 amide bonds. The molecular formula is C17H33N7. The highest BCUT2D eigenvalue weighted by atomic mass is 15.3. The zero-order chi connectivity index (χ0) is 17.4. The number of nitrogens with zero attached hydrogens (tertiary/aromatic N) is 5. The van der Waals surface area contributed by atoms with Crippen LogP contribution in [0, 0.1) is 0 Å². The van der Waals surface area contributed by atoms with Gasteiger partial charge in [0.15, 0.2) is 11.8 Å². The monoisotopic (exact) mass is 335 g/mol. The molecule has 24 heavy (non-hydrogen) atoms. The van der Waals surface area contributed by atoms with E-state index in [0.29, 0.717) is 12.6 Å². The topological polar surface area (TPSA) is 70.4 Å². The lowest BCUT2D eigenvalue weighted by molar-refractivity contribution is 0.292. The summed E-state index contributed by atoms with van der Waals surface area (Å²) in [7, 11) is 1.81. The SMILES string of the molecule is CCN(CC)CCCC(C)NC(=NC)NCc1nnc2n1CCC2. The Kier molecular flexibility index (Phi) is 7.49. The molecule has 0 aliphatic carbocycles. The molecule has 2 rings (SSSR count). The van der Waals surface area contributed by atoms with Crippen molar-refractivity contribution in [2.45, 2.75) is 65.6 Å². The fourth-order valence-corrected chi connectivity index (χ4v) is 3.17. The quantitative estimate of drug-likeness (QED) is 0.527. The van der Waals surface area contributed by atoms with Gasteiger partial charge in [-0.15, -0.1) is 10.2 Å². The van der Waals surface area contributed by atoms with Gasteiger partial charge < -0.3 is 20.1 Å². The maximum absolute atomic E-state index is 4.32. The minimum Gasteiger partial charge on any atom is -0.354 e. The predicted octanol–water partition coefficient (Wildman–Crippen LogP) is 1.40. The largest absolute Gasteiger partial charge is 0.354 e. The third-order valence-electron chi connectivity index (χ3n) is 4.71. The van der Waals surface area contributed by atoms with E-state index >= 15 is 0 Å². The van der Waals surface area contributed by atoms with Crippen LogP contribution in [-0.4, -0.2) is 58.3 Å². The van der Waals surface area contributed by atoms with Gasteiger partial charge in [0.1, 0.15) is 5.82 Å². The first-order chi connectivity index (χ1) is 11.7. The lowest BCUT2D eigenvalue weighted by Crippen LogP contribution is -2.42. The van der Waals surface area contributed by atoms with Crippen molar-refractivity contribution in [3.63, 3.8) is 0 Å². The highest BCUT2D eigenvalue weighted by Gasteiger charge is 2.17. The molecule has 1 aliphatic rings. The van der Waals surface area contributed by atoms with Crippen molar-refractivity contribution >= 4 is 5.96 Å². The minimum absolute atomic E-state index is 0.399. The zero-order valence-corrected chi connectivity index (χ0v) is 15.7. The number of nitrogens with one attached hydrogen (secondary N) is 2. The van der Waals surface area contributed by atoms with Crippen molar-refractivity contribution in [3.05, 3.63) is 11.6 Å². The van der Waals surface area contributed by atoms with Gasteiger partial charge in [0.05, 0.1) is 6.54 Å². The summed E-state index contributed by atoms with van der Waals surface area (Å²) in [6.07, 6.45) is 4.56. The number of aryl methyl sites for hydroxylation is 1. The first-order valence-corrected chi connectivity index (χ1v) is 9.28. The van der Waals surface area contributed by atoms with Crippen molar-refractivity contribution in [2.24, 2.45) is 4.99 Å². The summed E-state index contributed by atoms with van der Waals surface area (Å²) in [5.74, 6) is 2.94. The summed E-state index contributed by atoms with van der Waals surface area (Å²) < 4.78 is 2.22. The molecule has 7 nitrogen and oxygen atoms in total. The molecule has 7 heteroatoms. The van der Waals surface area contributed by atoms with Crippen molar-refractivity contribution in [1.82, 2.24) is 30.3 Å². The third-order valence-corrected chi connectivity index (χ3v) is 4.71. The first kappa shape index (κ1) is 18.7. The number of aliphatic imine (C=N–C) groups is 1. The highest BCUT2D eigenvalue weighted by Crippen LogP contribution is 2.13. The van der Waals surface area contributed by atoms with E-state index in [1.165, 1.54) is 12.8 Å². The van der Waals surface area contributed by atoms with Crippen molar-refractivity contribution < 1.29 is 0 Å². The number of aromatic nitrogens is 3.